The van der Waals surface area contributed by atoms with Crippen molar-refractivity contribution >= 4 is 21.8 Å². The molecular weight excluding hydrogens is 340 g/mol. The maximum atomic E-state index is 12.3. The van der Waals surface area contributed by atoms with E-state index in [1.807, 2.05) is 66.7 Å². The van der Waals surface area contributed by atoms with Gasteiger partial charge < -0.3 is 4.42 Å². The lowest BCUT2D eigenvalue weighted by atomic mass is 10.1. The number of hydrogen-bond donors (Lipinski definition) is 0. The molecule has 0 amide bonds. The Balaban J connectivity index is 1.55. The highest BCUT2D eigenvalue weighted by Crippen LogP contribution is 2.25. The lowest BCUT2D eigenvalue weighted by molar-refractivity contribution is 0.494. The smallest absolute Gasteiger partial charge is 0.388 e. The zero-order chi connectivity index (χ0) is 18.2. The molecule has 0 aliphatic heterocycles. The molecule has 5 aromatic rings. The highest BCUT2D eigenvalue weighted by atomic mass is 16.4. The van der Waals surface area contributed by atoms with E-state index in [-0.39, 0.29) is 12.4 Å². The van der Waals surface area contributed by atoms with Crippen molar-refractivity contribution in [1.82, 2.24) is 19.7 Å². The van der Waals surface area contributed by atoms with E-state index in [0.717, 1.165) is 33.1 Å². The summed E-state index contributed by atoms with van der Waals surface area (Å²) in [5.41, 5.74) is 3.19. The van der Waals surface area contributed by atoms with E-state index in [1.54, 1.807) is 6.20 Å². The molecule has 0 bridgehead atoms. The first-order chi connectivity index (χ1) is 13.3. The van der Waals surface area contributed by atoms with Crippen molar-refractivity contribution in [2.24, 2.45) is 0 Å². The van der Waals surface area contributed by atoms with Crippen molar-refractivity contribution in [3.8, 4) is 11.5 Å². The number of hydrogen-bond acceptors (Lipinski definition) is 5. The second kappa shape index (κ2) is 6.17. The van der Waals surface area contributed by atoms with E-state index in [9.17, 15) is 4.79 Å². The molecule has 2 aromatic carbocycles. The van der Waals surface area contributed by atoms with Gasteiger partial charge in [0.05, 0.1) is 23.3 Å². The molecule has 6 heteroatoms. The topological polar surface area (TPSA) is 73.8 Å². The first-order valence-electron chi connectivity index (χ1n) is 8.55. The van der Waals surface area contributed by atoms with E-state index >= 15 is 0 Å². The third-order valence-electron chi connectivity index (χ3n) is 4.45. The number of para-hydroxylation sites is 1. The van der Waals surface area contributed by atoms with Gasteiger partial charge in [0.25, 0.3) is 0 Å². The minimum Gasteiger partial charge on any atom is -0.388 e. The number of pyridine rings is 2. The average Bonchev–Trinajstić information content (AvgIpc) is 3.07. The highest BCUT2D eigenvalue weighted by molar-refractivity contribution is 5.92. The van der Waals surface area contributed by atoms with Crippen LogP contribution in [0.3, 0.4) is 0 Å². The number of aromatic nitrogens is 4. The van der Waals surface area contributed by atoms with E-state index in [2.05, 4.69) is 15.1 Å². The molecule has 0 unspecified atom stereocenters. The van der Waals surface area contributed by atoms with Crippen molar-refractivity contribution in [3.05, 3.63) is 89.2 Å². The van der Waals surface area contributed by atoms with Gasteiger partial charge in [0, 0.05) is 22.5 Å². The predicted octanol–water partition coefficient (Wildman–Crippen LogP) is 3.65. The summed E-state index contributed by atoms with van der Waals surface area (Å²) in [7, 11) is 0. The fraction of sp³-hybridized carbons (Fsp3) is 0.0476. The van der Waals surface area contributed by atoms with Gasteiger partial charge in [0.15, 0.2) is 0 Å². The fourth-order valence-electron chi connectivity index (χ4n) is 3.15. The quantitative estimate of drug-likeness (QED) is 0.494. The van der Waals surface area contributed by atoms with Crippen LogP contribution in [0, 0.1) is 0 Å². The van der Waals surface area contributed by atoms with Crippen LogP contribution in [0.1, 0.15) is 5.69 Å². The standard InChI is InChI=1S/C21H14N4O2/c26-21-25(13-15-11-10-14-5-1-2-8-18(14)23-15)24-20(27-21)17-6-3-9-19-16(17)7-4-12-22-19/h1-12H,13H2. The summed E-state index contributed by atoms with van der Waals surface area (Å²) in [6.07, 6.45) is 1.73. The van der Waals surface area contributed by atoms with Gasteiger partial charge in [-0.25, -0.2) is 4.79 Å². The molecule has 0 atom stereocenters. The van der Waals surface area contributed by atoms with Crippen molar-refractivity contribution in [1.29, 1.82) is 0 Å². The largest absolute Gasteiger partial charge is 0.437 e. The summed E-state index contributed by atoms with van der Waals surface area (Å²) in [6.45, 7) is 0.246. The third kappa shape index (κ3) is 2.77. The maximum absolute atomic E-state index is 12.3. The van der Waals surface area contributed by atoms with Crippen LogP contribution < -0.4 is 5.76 Å². The third-order valence-corrected chi connectivity index (χ3v) is 4.45. The van der Waals surface area contributed by atoms with E-state index in [0.29, 0.717) is 0 Å². The summed E-state index contributed by atoms with van der Waals surface area (Å²) >= 11 is 0. The number of benzene rings is 2. The van der Waals surface area contributed by atoms with Gasteiger partial charge in [-0.2, -0.15) is 4.68 Å². The SMILES string of the molecule is O=c1oc(-c2cccc3ncccc23)nn1Cc1ccc2ccccc2n1. The summed E-state index contributed by atoms with van der Waals surface area (Å²) in [6, 6.07) is 21.2. The zero-order valence-corrected chi connectivity index (χ0v) is 14.2. The fourth-order valence-corrected chi connectivity index (χ4v) is 3.15. The molecule has 0 aliphatic carbocycles. The molecular formula is C21H14N4O2. The van der Waals surface area contributed by atoms with Crippen LogP contribution in [0.2, 0.25) is 0 Å². The van der Waals surface area contributed by atoms with Gasteiger partial charge in [0.2, 0.25) is 5.89 Å². The van der Waals surface area contributed by atoms with E-state index in [4.69, 9.17) is 4.42 Å². The van der Waals surface area contributed by atoms with Gasteiger partial charge >= 0.3 is 5.76 Å². The van der Waals surface area contributed by atoms with E-state index in [1.165, 1.54) is 4.68 Å². The Morgan fingerprint density at radius 2 is 1.78 bits per heavy atom. The Kier molecular flexibility index (Phi) is 3.53. The Bertz CT molecular complexity index is 1330. The molecule has 27 heavy (non-hydrogen) atoms. The number of fused-ring (bicyclic) bond motifs is 2. The van der Waals surface area contributed by atoms with Crippen molar-refractivity contribution < 1.29 is 4.42 Å². The monoisotopic (exact) mass is 354 g/mol. The van der Waals surface area contributed by atoms with Crippen LogP contribution in [0.4, 0.5) is 0 Å². The summed E-state index contributed by atoms with van der Waals surface area (Å²) in [5.74, 6) is -0.236. The van der Waals surface area contributed by atoms with Crippen molar-refractivity contribution in [2.45, 2.75) is 6.54 Å². The normalized spacial score (nSPS) is 11.3. The Morgan fingerprint density at radius 3 is 2.74 bits per heavy atom. The van der Waals surface area contributed by atoms with E-state index < -0.39 is 5.76 Å². The minimum atomic E-state index is -0.513. The number of nitrogens with zero attached hydrogens (tertiary/aromatic N) is 4. The van der Waals surface area contributed by atoms with Gasteiger partial charge in [-0.1, -0.05) is 36.4 Å². The summed E-state index contributed by atoms with van der Waals surface area (Å²) < 4.78 is 6.70. The molecule has 5 rings (SSSR count). The van der Waals surface area contributed by atoms with Crippen LogP contribution in [0.15, 0.2) is 82.1 Å². The molecule has 3 aromatic heterocycles. The lowest BCUT2D eigenvalue weighted by Crippen LogP contribution is -2.17. The molecule has 0 aliphatic rings. The van der Waals surface area contributed by atoms with Crippen LogP contribution in [0.25, 0.3) is 33.3 Å². The van der Waals surface area contributed by atoms with Gasteiger partial charge in [-0.05, 0) is 30.3 Å². The molecule has 0 N–H and O–H groups in total. The van der Waals surface area contributed by atoms with Crippen LogP contribution in [-0.4, -0.2) is 19.7 Å². The molecule has 6 nitrogen and oxygen atoms in total. The van der Waals surface area contributed by atoms with Crippen molar-refractivity contribution in [2.75, 3.05) is 0 Å². The Morgan fingerprint density at radius 1 is 0.889 bits per heavy atom. The molecule has 3 heterocycles. The van der Waals surface area contributed by atoms with Crippen molar-refractivity contribution in [3.63, 3.8) is 0 Å². The molecule has 0 saturated carbocycles. The van der Waals surface area contributed by atoms with Crippen LogP contribution in [0.5, 0.6) is 0 Å². The molecule has 0 saturated heterocycles. The Labute approximate surface area is 153 Å². The van der Waals surface area contributed by atoms with Crippen LogP contribution >= 0.6 is 0 Å². The minimum absolute atomic E-state index is 0.246. The first kappa shape index (κ1) is 15.5. The highest BCUT2D eigenvalue weighted by Gasteiger charge is 2.14. The van der Waals surface area contributed by atoms with Gasteiger partial charge in [0.1, 0.15) is 0 Å². The predicted molar refractivity (Wildman–Crippen MR) is 102 cm³/mol. The zero-order valence-electron chi connectivity index (χ0n) is 14.2. The van der Waals surface area contributed by atoms with Crippen LogP contribution in [-0.2, 0) is 6.54 Å². The summed E-state index contributed by atoms with van der Waals surface area (Å²) in [4.78, 5) is 21.2. The lowest BCUT2D eigenvalue weighted by Gasteiger charge is -2.02. The number of rotatable bonds is 3. The first-order valence-corrected chi connectivity index (χ1v) is 8.55. The summed E-state index contributed by atoms with van der Waals surface area (Å²) in [5, 5.41) is 6.31. The maximum Gasteiger partial charge on any atom is 0.437 e. The molecule has 0 spiro atoms. The molecule has 130 valence electrons. The Hall–Kier alpha value is -3.80. The average molecular weight is 354 g/mol. The molecule has 0 radical (unpaired) electrons. The second-order valence-corrected chi connectivity index (χ2v) is 6.20. The molecule has 0 fully saturated rings. The van der Waals surface area contributed by atoms with Gasteiger partial charge in [-0.3, -0.25) is 9.97 Å². The van der Waals surface area contributed by atoms with Gasteiger partial charge in [-0.15, -0.1) is 5.10 Å². The second-order valence-electron chi connectivity index (χ2n) is 6.20.